The predicted octanol–water partition coefficient (Wildman–Crippen LogP) is 2.10. The van der Waals surface area contributed by atoms with Crippen LogP contribution < -0.4 is 16.6 Å². The summed E-state index contributed by atoms with van der Waals surface area (Å²) in [6, 6.07) is 1.70. The van der Waals surface area contributed by atoms with Gasteiger partial charge in [0.1, 0.15) is 11.6 Å². The Morgan fingerprint density at radius 3 is 2.74 bits per heavy atom. The molecule has 0 aliphatic carbocycles. The van der Waals surface area contributed by atoms with E-state index in [1.807, 2.05) is 20.8 Å². The normalized spacial score (nSPS) is 11.5. The number of rotatable bonds is 5. The van der Waals surface area contributed by atoms with E-state index in [9.17, 15) is 4.79 Å². The topological polar surface area (TPSA) is 72.4 Å². The second-order valence-electron chi connectivity index (χ2n) is 4.01. The van der Waals surface area contributed by atoms with E-state index in [2.05, 4.69) is 32.8 Å². The Labute approximate surface area is 121 Å². The minimum atomic E-state index is -0.137. The Morgan fingerprint density at radius 1 is 1.58 bits per heavy atom. The average Bonchev–Trinajstić information content (AvgIpc) is 2.34. The molecule has 0 saturated carbocycles. The van der Waals surface area contributed by atoms with E-state index < -0.39 is 0 Å². The SMILES string of the molecule is C=C(N=C(C)c1cc(Br)c(=O)n(CC)c1N)NCC. The second-order valence-corrected chi connectivity index (χ2v) is 4.87. The molecule has 0 atom stereocenters. The molecule has 0 amide bonds. The quantitative estimate of drug-likeness (QED) is 0.814. The van der Waals surface area contributed by atoms with Gasteiger partial charge in [0.15, 0.2) is 0 Å². The van der Waals surface area contributed by atoms with Crippen molar-refractivity contribution in [3.63, 3.8) is 0 Å². The van der Waals surface area contributed by atoms with Crippen molar-refractivity contribution in [3.05, 3.63) is 38.9 Å². The molecule has 3 N–H and O–H groups in total. The summed E-state index contributed by atoms with van der Waals surface area (Å²) in [5, 5.41) is 3.02. The van der Waals surface area contributed by atoms with Crippen LogP contribution in [-0.2, 0) is 6.54 Å². The number of nitrogens with two attached hydrogens (primary N) is 1. The highest BCUT2D eigenvalue weighted by Crippen LogP contribution is 2.16. The van der Waals surface area contributed by atoms with Crippen molar-refractivity contribution < 1.29 is 0 Å². The maximum Gasteiger partial charge on any atom is 0.266 e. The highest BCUT2D eigenvalue weighted by molar-refractivity contribution is 9.10. The van der Waals surface area contributed by atoms with Crippen molar-refractivity contribution in [1.82, 2.24) is 9.88 Å². The van der Waals surface area contributed by atoms with Gasteiger partial charge in [0.05, 0.1) is 10.2 Å². The van der Waals surface area contributed by atoms with E-state index in [1.165, 1.54) is 4.57 Å². The van der Waals surface area contributed by atoms with Gasteiger partial charge < -0.3 is 11.1 Å². The Balaban J connectivity index is 3.32. The number of anilines is 1. The van der Waals surface area contributed by atoms with Crippen molar-refractivity contribution in [2.75, 3.05) is 12.3 Å². The second kappa shape index (κ2) is 6.56. The van der Waals surface area contributed by atoms with Crippen LogP contribution in [0, 0.1) is 0 Å². The first-order valence-corrected chi connectivity index (χ1v) is 6.88. The number of nitrogens with zero attached hydrogens (tertiary/aromatic N) is 2. The molecule has 0 spiro atoms. The van der Waals surface area contributed by atoms with E-state index in [0.717, 1.165) is 12.1 Å². The number of hydrogen-bond donors (Lipinski definition) is 2. The first-order chi connectivity index (χ1) is 8.92. The molecule has 104 valence electrons. The van der Waals surface area contributed by atoms with Crippen LogP contribution >= 0.6 is 15.9 Å². The summed E-state index contributed by atoms with van der Waals surface area (Å²) in [5.41, 5.74) is 7.33. The smallest absolute Gasteiger partial charge is 0.266 e. The minimum Gasteiger partial charge on any atom is -0.384 e. The molecule has 0 bridgehead atoms. The molecule has 0 fully saturated rings. The Bertz CT molecular complexity index is 575. The van der Waals surface area contributed by atoms with Crippen LogP contribution in [0.15, 0.2) is 32.7 Å². The van der Waals surface area contributed by atoms with Gasteiger partial charge in [-0.25, -0.2) is 4.99 Å². The molecule has 0 aliphatic rings. The first kappa shape index (κ1) is 15.5. The number of aromatic nitrogens is 1. The number of nitrogens with one attached hydrogen (secondary N) is 1. The largest absolute Gasteiger partial charge is 0.384 e. The van der Waals surface area contributed by atoms with Gasteiger partial charge in [-0.15, -0.1) is 0 Å². The van der Waals surface area contributed by atoms with E-state index in [1.54, 1.807) is 6.07 Å². The van der Waals surface area contributed by atoms with E-state index in [4.69, 9.17) is 5.73 Å². The zero-order chi connectivity index (χ0) is 14.6. The highest BCUT2D eigenvalue weighted by atomic mass is 79.9. The maximum atomic E-state index is 11.9. The van der Waals surface area contributed by atoms with Gasteiger partial charge in [-0.05, 0) is 42.8 Å². The summed E-state index contributed by atoms with van der Waals surface area (Å²) < 4.78 is 1.98. The van der Waals surface area contributed by atoms with Gasteiger partial charge in [-0.2, -0.15) is 0 Å². The molecule has 1 aromatic heterocycles. The average molecular weight is 327 g/mol. The third kappa shape index (κ3) is 3.47. The van der Waals surface area contributed by atoms with Crippen molar-refractivity contribution in [2.45, 2.75) is 27.3 Å². The molecule has 1 aromatic rings. The molecule has 0 aromatic carbocycles. The van der Waals surface area contributed by atoms with Crippen LogP contribution in [0.1, 0.15) is 26.3 Å². The van der Waals surface area contributed by atoms with E-state index in [0.29, 0.717) is 28.4 Å². The maximum absolute atomic E-state index is 11.9. The number of halogens is 1. The molecule has 0 saturated heterocycles. The van der Waals surface area contributed by atoms with Crippen LogP contribution in [-0.4, -0.2) is 16.8 Å². The molecule has 19 heavy (non-hydrogen) atoms. The predicted molar refractivity (Wildman–Crippen MR) is 83.5 cm³/mol. The third-order valence-electron chi connectivity index (χ3n) is 2.68. The highest BCUT2D eigenvalue weighted by Gasteiger charge is 2.12. The first-order valence-electron chi connectivity index (χ1n) is 6.09. The van der Waals surface area contributed by atoms with Crippen LogP contribution in [0.5, 0.6) is 0 Å². The Morgan fingerprint density at radius 2 is 2.21 bits per heavy atom. The van der Waals surface area contributed by atoms with Gasteiger partial charge in [-0.1, -0.05) is 6.58 Å². The summed E-state index contributed by atoms with van der Waals surface area (Å²) >= 11 is 3.26. The molecule has 1 heterocycles. The van der Waals surface area contributed by atoms with Crippen LogP contribution in [0.2, 0.25) is 0 Å². The Hall–Kier alpha value is -1.56. The lowest BCUT2D eigenvalue weighted by Crippen LogP contribution is -2.25. The van der Waals surface area contributed by atoms with Gasteiger partial charge in [0, 0.05) is 18.7 Å². The zero-order valence-electron chi connectivity index (χ0n) is 11.5. The molecule has 6 heteroatoms. The fraction of sp³-hybridized carbons (Fsp3) is 0.385. The van der Waals surface area contributed by atoms with Crippen molar-refractivity contribution in [2.24, 2.45) is 4.99 Å². The third-order valence-corrected chi connectivity index (χ3v) is 3.24. The van der Waals surface area contributed by atoms with Gasteiger partial charge in [0.2, 0.25) is 0 Å². The number of pyridine rings is 1. The lowest BCUT2D eigenvalue weighted by molar-refractivity contribution is 0.734. The molecule has 1 rings (SSSR count). The van der Waals surface area contributed by atoms with Crippen LogP contribution in [0.3, 0.4) is 0 Å². The van der Waals surface area contributed by atoms with Crippen LogP contribution in [0.25, 0.3) is 0 Å². The summed E-state index contributed by atoms with van der Waals surface area (Å²) in [4.78, 5) is 16.2. The zero-order valence-corrected chi connectivity index (χ0v) is 13.0. The molecular formula is C13H19BrN4O. The molecular weight excluding hydrogens is 308 g/mol. The van der Waals surface area contributed by atoms with Crippen molar-refractivity contribution in [1.29, 1.82) is 0 Å². The van der Waals surface area contributed by atoms with E-state index in [-0.39, 0.29) is 5.56 Å². The Kier molecular flexibility index (Phi) is 5.35. The van der Waals surface area contributed by atoms with Gasteiger partial charge in [-0.3, -0.25) is 9.36 Å². The monoisotopic (exact) mass is 326 g/mol. The lowest BCUT2D eigenvalue weighted by atomic mass is 10.1. The minimum absolute atomic E-state index is 0.137. The molecule has 0 radical (unpaired) electrons. The van der Waals surface area contributed by atoms with Gasteiger partial charge >= 0.3 is 0 Å². The summed E-state index contributed by atoms with van der Waals surface area (Å²) in [7, 11) is 0. The fourth-order valence-electron chi connectivity index (χ4n) is 1.76. The number of hydrogen-bond acceptors (Lipinski definition) is 4. The number of nitrogen functional groups attached to an aromatic ring is 1. The standard InChI is InChI=1S/C13H19BrN4O/c1-5-16-9(4)17-8(3)10-7-11(14)13(19)18(6-2)12(10)15/h7,16H,4-6,15H2,1-3H3. The molecule has 0 unspecified atom stereocenters. The van der Waals surface area contributed by atoms with Crippen molar-refractivity contribution in [3.8, 4) is 0 Å². The summed E-state index contributed by atoms with van der Waals surface area (Å²) in [5.74, 6) is 0.992. The van der Waals surface area contributed by atoms with E-state index >= 15 is 0 Å². The molecule has 0 aliphatic heterocycles. The summed E-state index contributed by atoms with van der Waals surface area (Å²) in [6.45, 7) is 10.8. The lowest BCUT2D eigenvalue weighted by Gasteiger charge is -2.13. The summed E-state index contributed by atoms with van der Waals surface area (Å²) in [6.07, 6.45) is 0. The fourth-order valence-corrected chi connectivity index (χ4v) is 2.20. The van der Waals surface area contributed by atoms with Crippen LogP contribution in [0.4, 0.5) is 5.82 Å². The number of aliphatic imine (C=N–C) groups is 1. The van der Waals surface area contributed by atoms with Gasteiger partial charge in [0.25, 0.3) is 5.56 Å². The molecule has 5 nitrogen and oxygen atoms in total. The van der Waals surface area contributed by atoms with Crippen molar-refractivity contribution >= 4 is 27.5 Å².